The number of carboxylic acids is 1. The first kappa shape index (κ1) is 14.0. The molecule has 0 saturated heterocycles. The minimum Gasteiger partial charge on any atom is -0.508 e. The summed E-state index contributed by atoms with van der Waals surface area (Å²) in [6.45, 7) is 1.60. The van der Waals surface area contributed by atoms with Crippen molar-refractivity contribution in [2.45, 2.75) is 13.3 Å². The molecule has 0 atom stereocenters. The third-order valence-corrected chi connectivity index (χ3v) is 3.64. The van der Waals surface area contributed by atoms with Gasteiger partial charge in [-0.2, -0.15) is 0 Å². The quantitative estimate of drug-likeness (QED) is 0.749. The Morgan fingerprint density at radius 2 is 1.95 bits per heavy atom. The number of phenolic OH excluding ortho intramolecular Hbond substituents is 1. The highest BCUT2D eigenvalue weighted by atomic mass is 32.1. The van der Waals surface area contributed by atoms with Crippen LogP contribution in [0.25, 0.3) is 0 Å². The van der Waals surface area contributed by atoms with E-state index in [4.69, 9.17) is 10.2 Å². The fraction of sp³-hybridized carbons (Fsp3) is 0.154. The van der Waals surface area contributed by atoms with Crippen molar-refractivity contribution in [3.8, 4) is 5.75 Å². The number of aromatic hydroxyl groups is 1. The summed E-state index contributed by atoms with van der Waals surface area (Å²) in [6, 6.07) is 6.07. The number of anilines is 1. The summed E-state index contributed by atoms with van der Waals surface area (Å²) >= 11 is 0.997. The summed E-state index contributed by atoms with van der Waals surface area (Å²) < 4.78 is 0. The maximum absolute atomic E-state index is 11.8. The average Bonchev–Trinajstić information content (AvgIpc) is 2.73. The molecule has 20 heavy (non-hydrogen) atoms. The van der Waals surface area contributed by atoms with Crippen molar-refractivity contribution < 1.29 is 19.8 Å². The molecule has 7 heteroatoms. The van der Waals surface area contributed by atoms with Gasteiger partial charge in [-0.05, 0) is 31.2 Å². The molecule has 0 radical (unpaired) electrons. The highest BCUT2D eigenvalue weighted by Gasteiger charge is 2.15. The van der Waals surface area contributed by atoms with E-state index in [1.807, 2.05) is 0 Å². The Kier molecular flexibility index (Phi) is 3.99. The third-order valence-electron chi connectivity index (χ3n) is 2.50. The summed E-state index contributed by atoms with van der Waals surface area (Å²) in [5.41, 5.74) is 0.967. The zero-order chi connectivity index (χ0) is 14.7. The van der Waals surface area contributed by atoms with E-state index in [2.05, 4.69) is 10.3 Å². The Hall–Kier alpha value is -2.41. The molecule has 0 fully saturated rings. The predicted molar refractivity (Wildman–Crippen MR) is 74.3 cm³/mol. The lowest BCUT2D eigenvalue weighted by atomic mass is 10.3. The molecule has 1 aromatic carbocycles. The van der Waals surface area contributed by atoms with E-state index in [0.717, 1.165) is 11.3 Å². The van der Waals surface area contributed by atoms with E-state index in [1.54, 1.807) is 19.1 Å². The molecule has 104 valence electrons. The molecule has 6 nitrogen and oxygen atoms in total. The Morgan fingerprint density at radius 3 is 2.50 bits per heavy atom. The number of aryl methyl sites for hydroxylation is 1. The Morgan fingerprint density at radius 1 is 1.30 bits per heavy atom. The molecular formula is C13H12N2O4S. The topological polar surface area (TPSA) is 99.5 Å². The summed E-state index contributed by atoms with van der Waals surface area (Å²) in [5.74, 6) is -1.21. The number of nitrogens with one attached hydrogen (secondary N) is 1. The number of hydrogen-bond acceptors (Lipinski definition) is 5. The van der Waals surface area contributed by atoms with E-state index >= 15 is 0 Å². The number of aromatic carboxylic acids is 1. The number of amides is 1. The zero-order valence-corrected chi connectivity index (χ0v) is 11.4. The molecule has 0 spiro atoms. The predicted octanol–water partition coefficient (Wildman–Crippen LogP) is 2.04. The van der Waals surface area contributed by atoms with Gasteiger partial charge in [0.05, 0.1) is 12.1 Å². The van der Waals surface area contributed by atoms with E-state index in [9.17, 15) is 9.59 Å². The van der Waals surface area contributed by atoms with Crippen LogP contribution in [0.4, 0.5) is 5.69 Å². The number of thiazole rings is 1. The largest absolute Gasteiger partial charge is 0.508 e. The number of nitrogens with zero attached hydrogens (tertiary/aromatic N) is 1. The van der Waals surface area contributed by atoms with Gasteiger partial charge in [0.2, 0.25) is 5.91 Å². The SMILES string of the molecule is Cc1nc(CC(=O)Nc2ccc(O)cc2)sc1C(=O)O. The molecule has 0 aliphatic rings. The first-order valence-corrected chi connectivity index (χ1v) is 6.56. The van der Waals surface area contributed by atoms with E-state index in [0.29, 0.717) is 16.4 Å². The van der Waals surface area contributed by atoms with Gasteiger partial charge in [0.1, 0.15) is 15.6 Å². The van der Waals surface area contributed by atoms with Crippen molar-refractivity contribution in [2.75, 3.05) is 5.32 Å². The van der Waals surface area contributed by atoms with Crippen LogP contribution < -0.4 is 5.32 Å². The number of rotatable bonds is 4. The van der Waals surface area contributed by atoms with E-state index in [1.165, 1.54) is 12.1 Å². The number of benzene rings is 1. The number of phenols is 1. The Balaban J connectivity index is 2.03. The van der Waals surface area contributed by atoms with Crippen molar-refractivity contribution in [3.05, 3.63) is 39.8 Å². The van der Waals surface area contributed by atoms with Crippen LogP contribution in [0.5, 0.6) is 5.75 Å². The van der Waals surface area contributed by atoms with Gasteiger partial charge in [0.25, 0.3) is 0 Å². The molecule has 1 heterocycles. The molecule has 2 aromatic rings. The van der Waals surface area contributed by atoms with E-state index < -0.39 is 5.97 Å². The average molecular weight is 292 g/mol. The third kappa shape index (κ3) is 3.33. The maximum atomic E-state index is 11.8. The van der Waals surface area contributed by atoms with Gasteiger partial charge in [0, 0.05) is 5.69 Å². The lowest BCUT2D eigenvalue weighted by Crippen LogP contribution is -2.14. The van der Waals surface area contributed by atoms with Crippen molar-refractivity contribution in [2.24, 2.45) is 0 Å². The van der Waals surface area contributed by atoms with Gasteiger partial charge in [-0.25, -0.2) is 9.78 Å². The minimum absolute atomic E-state index is 0.0136. The summed E-state index contributed by atoms with van der Waals surface area (Å²) in [4.78, 5) is 26.9. The zero-order valence-electron chi connectivity index (χ0n) is 10.6. The molecule has 0 bridgehead atoms. The number of carboxylic acid groups (broad SMARTS) is 1. The molecule has 0 aliphatic heterocycles. The lowest BCUT2D eigenvalue weighted by molar-refractivity contribution is -0.115. The second-order valence-corrected chi connectivity index (χ2v) is 5.18. The van der Waals surface area contributed by atoms with Crippen LogP contribution in [0.1, 0.15) is 20.4 Å². The van der Waals surface area contributed by atoms with Crippen LogP contribution in [0, 0.1) is 6.92 Å². The minimum atomic E-state index is -1.04. The standard InChI is InChI=1S/C13H12N2O4S/c1-7-12(13(18)19)20-11(14-7)6-10(17)15-8-2-4-9(16)5-3-8/h2-5,16H,6H2,1H3,(H,15,17)(H,18,19). The molecule has 1 amide bonds. The molecular weight excluding hydrogens is 280 g/mol. The van der Waals surface area contributed by atoms with Gasteiger partial charge >= 0.3 is 5.97 Å². The molecule has 0 unspecified atom stereocenters. The van der Waals surface area contributed by atoms with Crippen molar-refractivity contribution >= 4 is 28.9 Å². The van der Waals surface area contributed by atoms with Crippen LogP contribution in [0.15, 0.2) is 24.3 Å². The molecule has 1 aromatic heterocycles. The monoisotopic (exact) mass is 292 g/mol. The maximum Gasteiger partial charge on any atom is 0.347 e. The first-order valence-electron chi connectivity index (χ1n) is 5.74. The van der Waals surface area contributed by atoms with Crippen LogP contribution >= 0.6 is 11.3 Å². The number of aromatic nitrogens is 1. The summed E-state index contributed by atoms with van der Waals surface area (Å²) in [6.07, 6.45) is 0.0136. The summed E-state index contributed by atoms with van der Waals surface area (Å²) in [5, 5.41) is 21.2. The van der Waals surface area contributed by atoms with Crippen molar-refractivity contribution in [1.82, 2.24) is 4.98 Å². The number of hydrogen-bond donors (Lipinski definition) is 3. The Labute approximate surface area is 118 Å². The molecule has 0 saturated carbocycles. The first-order chi connectivity index (χ1) is 9.45. The fourth-order valence-electron chi connectivity index (χ4n) is 1.61. The highest BCUT2D eigenvalue weighted by Crippen LogP contribution is 2.19. The van der Waals surface area contributed by atoms with Crippen LogP contribution in [0.3, 0.4) is 0 Å². The van der Waals surface area contributed by atoms with E-state index in [-0.39, 0.29) is 23.0 Å². The molecule has 2 rings (SSSR count). The summed E-state index contributed by atoms with van der Waals surface area (Å²) in [7, 11) is 0. The second-order valence-electron chi connectivity index (χ2n) is 4.10. The van der Waals surface area contributed by atoms with Gasteiger partial charge < -0.3 is 15.5 Å². The molecule has 0 aliphatic carbocycles. The van der Waals surface area contributed by atoms with Crippen molar-refractivity contribution in [1.29, 1.82) is 0 Å². The van der Waals surface area contributed by atoms with Gasteiger partial charge in [-0.3, -0.25) is 4.79 Å². The number of carbonyl (C=O) groups excluding carboxylic acids is 1. The fourth-order valence-corrected chi connectivity index (χ4v) is 2.52. The van der Waals surface area contributed by atoms with Crippen LogP contribution in [-0.2, 0) is 11.2 Å². The van der Waals surface area contributed by atoms with Gasteiger partial charge in [-0.1, -0.05) is 0 Å². The molecule has 3 N–H and O–H groups in total. The smallest absolute Gasteiger partial charge is 0.347 e. The normalized spacial score (nSPS) is 10.2. The second kappa shape index (κ2) is 5.70. The van der Waals surface area contributed by atoms with Crippen LogP contribution in [-0.4, -0.2) is 27.1 Å². The number of carbonyl (C=O) groups is 2. The Bertz CT molecular complexity index is 649. The van der Waals surface area contributed by atoms with Gasteiger partial charge in [0.15, 0.2) is 0 Å². The lowest BCUT2D eigenvalue weighted by Gasteiger charge is -2.03. The van der Waals surface area contributed by atoms with Gasteiger partial charge in [-0.15, -0.1) is 11.3 Å². The highest BCUT2D eigenvalue weighted by molar-refractivity contribution is 7.13. The van der Waals surface area contributed by atoms with Crippen molar-refractivity contribution in [3.63, 3.8) is 0 Å². The van der Waals surface area contributed by atoms with Crippen LogP contribution in [0.2, 0.25) is 0 Å².